The van der Waals surface area contributed by atoms with Gasteiger partial charge in [0, 0.05) is 11.4 Å². The van der Waals surface area contributed by atoms with Crippen molar-refractivity contribution in [3.05, 3.63) is 5.21 Å². The van der Waals surface area contributed by atoms with Crippen molar-refractivity contribution in [2.45, 2.75) is 13.8 Å². The van der Waals surface area contributed by atoms with Crippen molar-refractivity contribution in [2.75, 3.05) is 0 Å². The highest BCUT2D eigenvalue weighted by Crippen LogP contribution is 1.76. The van der Waals surface area contributed by atoms with E-state index in [9.17, 15) is 5.21 Å². The lowest BCUT2D eigenvalue weighted by Gasteiger charge is -1.96. The van der Waals surface area contributed by atoms with Gasteiger partial charge in [0.15, 0.2) is 0 Å². The van der Waals surface area contributed by atoms with E-state index < -0.39 is 0 Å². The van der Waals surface area contributed by atoms with E-state index in [1.54, 1.807) is 0 Å². The lowest BCUT2D eigenvalue weighted by molar-refractivity contribution is 1.48. The van der Waals surface area contributed by atoms with Gasteiger partial charge in [-0.1, -0.05) is 0 Å². The molecule has 0 unspecified atom stereocenters. The van der Waals surface area contributed by atoms with E-state index in [2.05, 4.69) is 5.16 Å². The SMILES string of the molecule is CC(=N)/C(C)=N\[O-]. The molecule has 3 heteroatoms. The second-order valence-electron chi connectivity index (χ2n) is 1.30. The first-order valence-corrected chi connectivity index (χ1v) is 1.91. The van der Waals surface area contributed by atoms with E-state index in [4.69, 9.17) is 5.41 Å². The monoisotopic (exact) mass is 99.1 g/mol. The van der Waals surface area contributed by atoms with E-state index in [0.717, 1.165) is 0 Å². The Morgan fingerprint density at radius 1 is 1.57 bits per heavy atom. The minimum atomic E-state index is 0.231. The van der Waals surface area contributed by atoms with Crippen LogP contribution in [0.1, 0.15) is 13.8 Å². The molecule has 1 N–H and O–H groups in total. The van der Waals surface area contributed by atoms with Crippen LogP contribution in [0.2, 0.25) is 0 Å². The van der Waals surface area contributed by atoms with Crippen LogP contribution in [-0.2, 0) is 0 Å². The Morgan fingerprint density at radius 3 is 2.00 bits per heavy atom. The number of nitrogens with one attached hydrogen (secondary N) is 1. The summed E-state index contributed by atoms with van der Waals surface area (Å²) in [6.07, 6.45) is 0. The van der Waals surface area contributed by atoms with Gasteiger partial charge in [0.25, 0.3) is 0 Å². The summed E-state index contributed by atoms with van der Waals surface area (Å²) in [5, 5.41) is 18.8. The second kappa shape index (κ2) is 2.34. The van der Waals surface area contributed by atoms with Crippen molar-refractivity contribution in [3.63, 3.8) is 0 Å². The summed E-state index contributed by atoms with van der Waals surface area (Å²) in [6.45, 7) is 3.03. The van der Waals surface area contributed by atoms with Gasteiger partial charge in [-0.15, -0.1) is 0 Å². The molecule has 3 nitrogen and oxygen atoms in total. The third kappa shape index (κ3) is 1.92. The maximum absolute atomic E-state index is 9.52. The largest absolute Gasteiger partial charge is 0.792 e. The molecule has 0 saturated carbocycles. The first-order chi connectivity index (χ1) is 3.18. The maximum Gasteiger partial charge on any atom is 0.0486 e. The zero-order valence-corrected chi connectivity index (χ0v) is 4.36. The minimum Gasteiger partial charge on any atom is -0.792 e. The number of nitrogens with zero attached hydrogens (tertiary/aromatic N) is 1. The highest BCUT2D eigenvalue weighted by molar-refractivity contribution is 6.39. The molecule has 0 aromatic rings. The van der Waals surface area contributed by atoms with Gasteiger partial charge in [0.1, 0.15) is 0 Å². The van der Waals surface area contributed by atoms with Gasteiger partial charge in [0.2, 0.25) is 0 Å². The zero-order chi connectivity index (χ0) is 5.86. The molecule has 0 heterocycles. The summed E-state index contributed by atoms with van der Waals surface area (Å²) in [4.78, 5) is 0. The van der Waals surface area contributed by atoms with Crippen LogP contribution in [0.3, 0.4) is 0 Å². The lowest BCUT2D eigenvalue weighted by Crippen LogP contribution is -2.01. The predicted molar refractivity (Wildman–Crippen MR) is 29.9 cm³/mol. The number of hydrogen-bond acceptors (Lipinski definition) is 3. The second-order valence-corrected chi connectivity index (χ2v) is 1.30. The van der Waals surface area contributed by atoms with Gasteiger partial charge in [-0.3, -0.25) is 0 Å². The Morgan fingerprint density at radius 2 is 2.00 bits per heavy atom. The van der Waals surface area contributed by atoms with Crippen LogP contribution in [0.25, 0.3) is 0 Å². The van der Waals surface area contributed by atoms with Gasteiger partial charge in [-0.25, -0.2) is 0 Å². The molecule has 40 valence electrons. The van der Waals surface area contributed by atoms with E-state index in [-0.39, 0.29) is 11.4 Å². The minimum absolute atomic E-state index is 0.231. The summed E-state index contributed by atoms with van der Waals surface area (Å²) in [5.74, 6) is 0. The molecular formula is C4H7N2O-. The van der Waals surface area contributed by atoms with E-state index in [0.29, 0.717) is 0 Å². The Hall–Kier alpha value is -0.860. The molecule has 0 radical (unpaired) electrons. The molecule has 0 atom stereocenters. The van der Waals surface area contributed by atoms with Crippen LogP contribution < -0.4 is 0 Å². The molecule has 0 aliphatic carbocycles. The van der Waals surface area contributed by atoms with E-state index in [1.165, 1.54) is 13.8 Å². The van der Waals surface area contributed by atoms with Gasteiger partial charge < -0.3 is 15.8 Å². The van der Waals surface area contributed by atoms with Crippen LogP contribution in [-0.4, -0.2) is 11.4 Å². The van der Waals surface area contributed by atoms with Crippen LogP contribution >= 0.6 is 0 Å². The van der Waals surface area contributed by atoms with Crippen molar-refractivity contribution in [2.24, 2.45) is 5.16 Å². The fraction of sp³-hybridized carbons (Fsp3) is 0.500. The normalized spacial score (nSPS) is 11.4. The summed E-state index contributed by atoms with van der Waals surface area (Å²) >= 11 is 0. The fourth-order valence-electron chi connectivity index (χ4n) is 0.0685. The quantitative estimate of drug-likeness (QED) is 0.386. The fourth-order valence-corrected chi connectivity index (χ4v) is 0.0685. The Bertz CT molecular complexity index is 106. The van der Waals surface area contributed by atoms with Gasteiger partial charge in [-0.2, -0.15) is 0 Å². The third-order valence-electron chi connectivity index (χ3n) is 0.680. The maximum atomic E-state index is 9.52. The van der Waals surface area contributed by atoms with Crippen LogP contribution in [0.4, 0.5) is 0 Å². The summed E-state index contributed by atoms with van der Waals surface area (Å²) < 4.78 is 0. The molecule has 0 spiro atoms. The Labute approximate surface area is 42.2 Å². The molecular weight excluding hydrogens is 92.1 g/mol. The molecule has 7 heavy (non-hydrogen) atoms. The van der Waals surface area contributed by atoms with Crippen LogP contribution in [0.5, 0.6) is 0 Å². The van der Waals surface area contributed by atoms with Crippen LogP contribution in [0, 0.1) is 10.6 Å². The van der Waals surface area contributed by atoms with Gasteiger partial charge in [-0.05, 0) is 13.8 Å². The molecule has 0 aliphatic heterocycles. The van der Waals surface area contributed by atoms with Crippen LogP contribution in [0.15, 0.2) is 5.16 Å². The molecule has 0 saturated heterocycles. The molecule has 0 aromatic heterocycles. The third-order valence-corrected chi connectivity index (χ3v) is 0.680. The Balaban J connectivity index is 3.82. The van der Waals surface area contributed by atoms with E-state index in [1.807, 2.05) is 0 Å². The summed E-state index contributed by atoms with van der Waals surface area (Å²) in [7, 11) is 0. The van der Waals surface area contributed by atoms with Crippen molar-refractivity contribution >= 4 is 11.4 Å². The molecule has 0 amide bonds. The standard InChI is InChI=1S/C4H8N2O/c1-3(5)4(2)6-7/h5,7H,1-2H3/p-1/b5-3?,6-4-. The van der Waals surface area contributed by atoms with Gasteiger partial charge in [0.05, 0.1) is 0 Å². The summed E-state index contributed by atoms with van der Waals surface area (Å²) in [6, 6.07) is 0. The topological polar surface area (TPSA) is 59.3 Å². The smallest absolute Gasteiger partial charge is 0.0486 e. The first kappa shape index (κ1) is 6.14. The van der Waals surface area contributed by atoms with Gasteiger partial charge >= 0.3 is 0 Å². The molecule has 0 bridgehead atoms. The average molecular weight is 99.1 g/mol. The molecule has 0 aliphatic rings. The summed E-state index contributed by atoms with van der Waals surface area (Å²) in [5.41, 5.74) is 0.481. The number of rotatable bonds is 1. The zero-order valence-electron chi connectivity index (χ0n) is 4.36. The highest BCUT2D eigenvalue weighted by atomic mass is 16.4. The van der Waals surface area contributed by atoms with Crippen molar-refractivity contribution in [3.8, 4) is 0 Å². The average Bonchev–Trinajstić information content (AvgIpc) is 1.65. The lowest BCUT2D eigenvalue weighted by atomic mass is 10.3. The highest BCUT2D eigenvalue weighted by Gasteiger charge is 1.84. The van der Waals surface area contributed by atoms with Crippen molar-refractivity contribution < 1.29 is 0 Å². The molecule has 0 rings (SSSR count). The Kier molecular flexibility index (Phi) is 2.05. The first-order valence-electron chi connectivity index (χ1n) is 1.91. The van der Waals surface area contributed by atoms with Crippen molar-refractivity contribution in [1.29, 1.82) is 5.41 Å². The predicted octanol–water partition coefficient (Wildman–Crippen LogP) is 0.985. The molecule has 0 aromatic carbocycles. The number of hydrogen-bond donors (Lipinski definition) is 1. The van der Waals surface area contributed by atoms with Crippen molar-refractivity contribution in [1.82, 2.24) is 0 Å². The van der Waals surface area contributed by atoms with E-state index >= 15 is 0 Å². The molecule has 0 fully saturated rings.